The van der Waals surface area contributed by atoms with E-state index in [-0.39, 0.29) is 17.3 Å². The molecule has 2 aromatic heterocycles. The van der Waals surface area contributed by atoms with Crippen LogP contribution >= 0.6 is 11.3 Å². The lowest BCUT2D eigenvalue weighted by Gasteiger charge is -2.30. The van der Waals surface area contributed by atoms with Gasteiger partial charge in [0.05, 0.1) is 17.2 Å². The quantitative estimate of drug-likeness (QED) is 0.707. The summed E-state index contributed by atoms with van der Waals surface area (Å²) in [5.41, 5.74) is 4.16. The average Bonchev–Trinajstić information content (AvgIpc) is 3.24. The number of fused-ring (bicyclic) bond motifs is 1. The van der Waals surface area contributed by atoms with Gasteiger partial charge < -0.3 is 5.32 Å². The molecule has 1 atom stereocenters. The number of aromatic amines is 1. The molecule has 2 aliphatic rings. The van der Waals surface area contributed by atoms with E-state index in [0.29, 0.717) is 17.8 Å². The highest BCUT2D eigenvalue weighted by Gasteiger charge is 2.39. The number of nitrogens with zero attached hydrogens (tertiary/aromatic N) is 1. The number of carbonyl (C=O) groups excluding carboxylic acids is 1. The second-order valence-corrected chi connectivity index (χ2v) is 8.02. The summed E-state index contributed by atoms with van der Waals surface area (Å²) >= 11 is 1.62. The Labute approximate surface area is 160 Å². The van der Waals surface area contributed by atoms with Crippen molar-refractivity contribution < 1.29 is 4.79 Å². The summed E-state index contributed by atoms with van der Waals surface area (Å²) in [6.45, 7) is 2.05. The van der Waals surface area contributed by atoms with E-state index >= 15 is 0 Å². The third-order valence-electron chi connectivity index (χ3n) is 5.41. The topological polar surface area (TPSA) is 66.9 Å². The first-order valence-electron chi connectivity index (χ1n) is 9.12. The normalized spacial score (nSPS) is 18.9. The maximum Gasteiger partial charge on any atom is 0.277 e. The van der Waals surface area contributed by atoms with E-state index in [0.717, 1.165) is 40.2 Å². The van der Waals surface area contributed by atoms with Gasteiger partial charge in [0.15, 0.2) is 5.78 Å². The van der Waals surface area contributed by atoms with Crippen molar-refractivity contribution in [2.75, 3.05) is 5.32 Å². The molecule has 27 heavy (non-hydrogen) atoms. The SMILES string of the molecule is Cc1ccsc1[C@@H]1C2=C(CCCC2=O)Nc2[nH]n(-c3ccccc3)c(=O)c21. The Kier molecular flexibility index (Phi) is 3.68. The molecule has 5 rings (SSSR count). The maximum absolute atomic E-state index is 13.4. The van der Waals surface area contributed by atoms with E-state index < -0.39 is 0 Å². The molecule has 0 saturated heterocycles. The number of thiophene rings is 1. The maximum atomic E-state index is 13.4. The standard InChI is InChI=1S/C21H19N3O2S/c1-12-10-11-27-19(12)17-16-14(8-5-9-15(16)25)22-20-18(17)21(26)24(23-20)13-6-3-2-4-7-13/h2-4,6-7,10-11,17,22-23H,5,8-9H2,1H3/t17-/m1/s1. The predicted molar refractivity (Wildman–Crippen MR) is 107 cm³/mol. The lowest BCUT2D eigenvalue weighted by Crippen LogP contribution is -2.29. The van der Waals surface area contributed by atoms with Crippen LogP contribution in [-0.2, 0) is 4.79 Å². The third kappa shape index (κ3) is 2.44. The number of aromatic nitrogens is 2. The minimum Gasteiger partial charge on any atom is -0.343 e. The molecule has 5 nitrogen and oxygen atoms in total. The molecule has 136 valence electrons. The molecular weight excluding hydrogens is 358 g/mol. The van der Waals surface area contributed by atoms with E-state index in [2.05, 4.69) is 16.5 Å². The summed E-state index contributed by atoms with van der Waals surface area (Å²) in [4.78, 5) is 27.3. The minimum atomic E-state index is -0.294. The van der Waals surface area contributed by atoms with Crippen molar-refractivity contribution in [3.63, 3.8) is 0 Å². The van der Waals surface area contributed by atoms with Crippen molar-refractivity contribution in [3.8, 4) is 5.69 Å². The molecule has 0 unspecified atom stereocenters. The van der Waals surface area contributed by atoms with Crippen molar-refractivity contribution in [1.82, 2.24) is 9.78 Å². The Hall–Kier alpha value is -2.86. The largest absolute Gasteiger partial charge is 0.343 e. The van der Waals surface area contributed by atoms with Crippen LogP contribution in [0.1, 0.15) is 41.2 Å². The molecule has 1 aromatic carbocycles. The zero-order valence-electron chi connectivity index (χ0n) is 14.9. The first kappa shape index (κ1) is 16.3. The van der Waals surface area contributed by atoms with Gasteiger partial charge in [0, 0.05) is 22.6 Å². The fourth-order valence-corrected chi connectivity index (χ4v) is 5.18. The first-order valence-corrected chi connectivity index (χ1v) is 10.0. The molecule has 0 saturated carbocycles. The van der Waals surface area contributed by atoms with Gasteiger partial charge >= 0.3 is 0 Å². The molecule has 0 fully saturated rings. The van der Waals surface area contributed by atoms with Gasteiger partial charge in [-0.3, -0.25) is 14.7 Å². The van der Waals surface area contributed by atoms with Crippen LogP contribution in [0.4, 0.5) is 5.82 Å². The van der Waals surface area contributed by atoms with Gasteiger partial charge in [-0.25, -0.2) is 4.68 Å². The van der Waals surface area contributed by atoms with Crippen LogP contribution in [0.25, 0.3) is 5.69 Å². The first-order chi connectivity index (χ1) is 13.1. The van der Waals surface area contributed by atoms with Crippen LogP contribution < -0.4 is 10.9 Å². The van der Waals surface area contributed by atoms with Gasteiger partial charge in [-0.05, 0) is 48.9 Å². The van der Waals surface area contributed by atoms with E-state index in [1.165, 1.54) is 0 Å². The van der Waals surface area contributed by atoms with Gasteiger partial charge in [-0.15, -0.1) is 11.3 Å². The Morgan fingerprint density at radius 2 is 1.93 bits per heavy atom. The zero-order chi connectivity index (χ0) is 18.5. The molecule has 2 N–H and O–H groups in total. The van der Waals surface area contributed by atoms with Crippen molar-refractivity contribution in [2.24, 2.45) is 0 Å². The molecule has 0 amide bonds. The van der Waals surface area contributed by atoms with Gasteiger partial charge in [0.25, 0.3) is 5.56 Å². The van der Waals surface area contributed by atoms with Crippen LogP contribution in [0.2, 0.25) is 0 Å². The van der Waals surface area contributed by atoms with Crippen LogP contribution in [0.5, 0.6) is 0 Å². The minimum absolute atomic E-state index is 0.105. The second-order valence-electron chi connectivity index (χ2n) is 7.07. The smallest absolute Gasteiger partial charge is 0.277 e. The number of anilines is 1. The van der Waals surface area contributed by atoms with Gasteiger partial charge in [0.2, 0.25) is 0 Å². The Bertz CT molecular complexity index is 1130. The van der Waals surface area contributed by atoms with Crippen molar-refractivity contribution in [1.29, 1.82) is 0 Å². The number of ketones is 1. The summed E-state index contributed by atoms with van der Waals surface area (Å²) in [6.07, 6.45) is 2.23. The number of carbonyl (C=O) groups is 1. The molecule has 1 aliphatic carbocycles. The van der Waals surface area contributed by atoms with E-state index in [4.69, 9.17) is 0 Å². The third-order valence-corrected chi connectivity index (χ3v) is 6.50. The molecule has 6 heteroatoms. The van der Waals surface area contributed by atoms with E-state index in [9.17, 15) is 9.59 Å². The fraction of sp³-hybridized carbons (Fsp3) is 0.238. The van der Waals surface area contributed by atoms with E-state index in [1.807, 2.05) is 42.6 Å². The number of benzene rings is 1. The van der Waals surface area contributed by atoms with Crippen LogP contribution in [0.3, 0.4) is 0 Å². The summed E-state index contributed by atoms with van der Waals surface area (Å²) in [6, 6.07) is 11.6. The van der Waals surface area contributed by atoms with Crippen LogP contribution in [0.15, 0.2) is 57.8 Å². The Morgan fingerprint density at radius 1 is 1.11 bits per heavy atom. The molecule has 3 aromatic rings. The number of H-pyrrole nitrogens is 1. The fourth-order valence-electron chi connectivity index (χ4n) is 4.14. The molecule has 0 bridgehead atoms. The number of para-hydroxylation sites is 1. The number of allylic oxidation sites excluding steroid dienone is 2. The zero-order valence-corrected chi connectivity index (χ0v) is 15.7. The molecule has 1 aliphatic heterocycles. The summed E-state index contributed by atoms with van der Waals surface area (Å²) in [5, 5.41) is 8.62. The Balaban J connectivity index is 1.77. The molecule has 3 heterocycles. The van der Waals surface area contributed by atoms with E-state index in [1.54, 1.807) is 16.0 Å². The number of nitrogens with one attached hydrogen (secondary N) is 2. The predicted octanol–water partition coefficient (Wildman–Crippen LogP) is 4.10. The van der Waals surface area contributed by atoms with Gasteiger partial charge in [0.1, 0.15) is 5.82 Å². The number of aryl methyl sites for hydroxylation is 1. The molecule has 0 spiro atoms. The molecule has 0 radical (unpaired) electrons. The van der Waals surface area contributed by atoms with Gasteiger partial charge in [-0.1, -0.05) is 18.2 Å². The lowest BCUT2D eigenvalue weighted by atomic mass is 9.79. The second kappa shape index (κ2) is 6.09. The Morgan fingerprint density at radius 3 is 2.67 bits per heavy atom. The number of hydrogen-bond donors (Lipinski definition) is 2. The van der Waals surface area contributed by atoms with Gasteiger partial charge in [-0.2, -0.15) is 0 Å². The number of hydrogen-bond acceptors (Lipinski definition) is 4. The highest BCUT2D eigenvalue weighted by molar-refractivity contribution is 7.10. The van der Waals surface area contributed by atoms with Crippen molar-refractivity contribution >= 4 is 22.9 Å². The highest BCUT2D eigenvalue weighted by atomic mass is 32.1. The summed E-state index contributed by atoms with van der Waals surface area (Å²) in [5.74, 6) is 0.562. The van der Waals surface area contributed by atoms with Crippen LogP contribution in [-0.4, -0.2) is 15.6 Å². The number of Topliss-reactive ketones (excluding diaryl/α,β-unsaturated/α-hetero) is 1. The highest BCUT2D eigenvalue weighted by Crippen LogP contribution is 2.45. The summed E-state index contributed by atoms with van der Waals surface area (Å²) < 4.78 is 1.57. The van der Waals surface area contributed by atoms with Crippen LogP contribution in [0, 0.1) is 6.92 Å². The number of rotatable bonds is 2. The monoisotopic (exact) mass is 377 g/mol. The average molecular weight is 377 g/mol. The van der Waals surface area contributed by atoms with Crippen molar-refractivity contribution in [3.05, 3.63) is 79.4 Å². The lowest BCUT2D eigenvalue weighted by molar-refractivity contribution is -0.116. The molecular formula is C21H19N3O2S. The summed E-state index contributed by atoms with van der Waals surface area (Å²) in [7, 11) is 0. The van der Waals surface area contributed by atoms with Crippen molar-refractivity contribution in [2.45, 2.75) is 32.1 Å².